The molecule has 4 nitrogen and oxygen atoms in total. The lowest BCUT2D eigenvalue weighted by molar-refractivity contribution is -0.127. The molecular weight excluding hydrogens is 326 g/mol. The number of hydrogen-bond donors (Lipinski definition) is 1. The number of carbonyl (C=O) groups excluding carboxylic acids is 1. The highest BCUT2D eigenvalue weighted by atomic mass is 35.5. The van der Waals surface area contributed by atoms with Gasteiger partial charge in [-0.1, -0.05) is 31.9 Å². The normalized spacial score (nSPS) is 11.1. The van der Waals surface area contributed by atoms with Crippen LogP contribution in [0.2, 0.25) is 5.02 Å². The summed E-state index contributed by atoms with van der Waals surface area (Å²) in [5.41, 5.74) is 5.09. The summed E-state index contributed by atoms with van der Waals surface area (Å²) in [6.45, 7) is 3.93. The third-order valence-corrected chi connectivity index (χ3v) is 4.28. The summed E-state index contributed by atoms with van der Waals surface area (Å²) in [7, 11) is 0. The maximum absolute atomic E-state index is 11.5. The van der Waals surface area contributed by atoms with Crippen LogP contribution in [0.4, 0.5) is 0 Å². The Morgan fingerprint density at radius 1 is 1.21 bits per heavy atom. The number of halogens is 1. The van der Waals surface area contributed by atoms with Gasteiger partial charge in [-0.2, -0.15) is 5.48 Å². The lowest BCUT2D eigenvalue weighted by Crippen LogP contribution is -2.26. The molecule has 2 aromatic carbocycles. The minimum atomic E-state index is -0.152. The number of aryl methyl sites for hydroxylation is 1. The van der Waals surface area contributed by atoms with Crippen LogP contribution in [0.3, 0.4) is 0 Å². The molecule has 0 bridgehead atoms. The molecule has 0 aliphatic carbocycles. The standard InChI is InChI=1S/C19H20ClNO3/c1-3-5-6-13-15(24-21-18(22)4-2)9-10-16-19(13)14-8-7-12(20)11-17(14)23-16/h7-11H,3-6H2,1-2H3,(H,21,22). The molecule has 0 unspecified atom stereocenters. The minimum Gasteiger partial charge on any atom is -0.456 e. The average Bonchev–Trinajstić information content (AvgIpc) is 2.95. The number of rotatable bonds is 6. The molecule has 1 N–H and O–H groups in total. The molecule has 0 aliphatic rings. The predicted octanol–water partition coefficient (Wildman–Crippen LogP) is 5.40. The number of furan rings is 1. The van der Waals surface area contributed by atoms with Gasteiger partial charge in [0, 0.05) is 33.8 Å². The molecule has 0 saturated carbocycles. The molecule has 0 spiro atoms. The number of unbranched alkanes of at least 4 members (excludes halogenated alkanes) is 1. The number of amides is 1. The first-order valence-electron chi connectivity index (χ1n) is 8.23. The van der Waals surface area contributed by atoms with Crippen LogP contribution < -0.4 is 10.3 Å². The molecule has 3 rings (SSSR count). The summed E-state index contributed by atoms with van der Waals surface area (Å²) in [6, 6.07) is 9.35. The highest BCUT2D eigenvalue weighted by Gasteiger charge is 2.16. The molecule has 0 aliphatic heterocycles. The minimum absolute atomic E-state index is 0.152. The van der Waals surface area contributed by atoms with Crippen molar-refractivity contribution in [2.75, 3.05) is 0 Å². The Morgan fingerprint density at radius 3 is 2.79 bits per heavy atom. The van der Waals surface area contributed by atoms with Crippen LogP contribution in [0.1, 0.15) is 38.7 Å². The fourth-order valence-electron chi connectivity index (χ4n) is 2.77. The Bertz CT molecular complexity index is 885. The third kappa shape index (κ3) is 3.20. The lowest BCUT2D eigenvalue weighted by Gasteiger charge is -2.12. The average molecular weight is 346 g/mol. The molecule has 1 amide bonds. The van der Waals surface area contributed by atoms with E-state index >= 15 is 0 Å². The van der Waals surface area contributed by atoms with E-state index in [-0.39, 0.29) is 5.91 Å². The molecule has 1 heterocycles. The van der Waals surface area contributed by atoms with E-state index in [9.17, 15) is 4.79 Å². The number of nitrogens with one attached hydrogen (secondary N) is 1. The van der Waals surface area contributed by atoms with Crippen LogP contribution in [0.5, 0.6) is 5.75 Å². The Hall–Kier alpha value is -2.20. The second kappa shape index (κ2) is 7.14. The van der Waals surface area contributed by atoms with Crippen molar-refractivity contribution in [3.8, 4) is 5.75 Å². The fourth-order valence-corrected chi connectivity index (χ4v) is 2.94. The van der Waals surface area contributed by atoms with Crippen molar-refractivity contribution in [3.05, 3.63) is 40.9 Å². The van der Waals surface area contributed by atoms with Crippen molar-refractivity contribution in [2.24, 2.45) is 0 Å². The number of fused-ring (bicyclic) bond motifs is 3. The van der Waals surface area contributed by atoms with Gasteiger partial charge < -0.3 is 9.25 Å². The van der Waals surface area contributed by atoms with Crippen LogP contribution in [0.15, 0.2) is 34.7 Å². The van der Waals surface area contributed by atoms with Gasteiger partial charge in [0.15, 0.2) is 5.75 Å². The molecule has 1 aromatic heterocycles. The maximum atomic E-state index is 11.5. The largest absolute Gasteiger partial charge is 0.456 e. The first-order chi connectivity index (χ1) is 11.6. The van der Waals surface area contributed by atoms with Crippen molar-refractivity contribution >= 4 is 39.4 Å². The van der Waals surface area contributed by atoms with Crippen molar-refractivity contribution in [1.82, 2.24) is 5.48 Å². The van der Waals surface area contributed by atoms with Gasteiger partial charge in [-0.15, -0.1) is 0 Å². The Labute approximate surface area is 145 Å². The number of carbonyl (C=O) groups is 1. The summed E-state index contributed by atoms with van der Waals surface area (Å²) in [6.07, 6.45) is 3.32. The summed E-state index contributed by atoms with van der Waals surface area (Å²) in [4.78, 5) is 17.1. The van der Waals surface area contributed by atoms with Crippen molar-refractivity contribution < 1.29 is 14.0 Å². The van der Waals surface area contributed by atoms with E-state index in [1.807, 2.05) is 30.3 Å². The van der Waals surface area contributed by atoms with Crippen molar-refractivity contribution in [3.63, 3.8) is 0 Å². The Kier molecular flexibility index (Phi) is 4.95. The van der Waals surface area contributed by atoms with E-state index in [4.69, 9.17) is 20.9 Å². The van der Waals surface area contributed by atoms with Gasteiger partial charge >= 0.3 is 0 Å². The zero-order valence-electron chi connectivity index (χ0n) is 13.8. The molecule has 24 heavy (non-hydrogen) atoms. The van der Waals surface area contributed by atoms with E-state index in [1.165, 1.54) is 0 Å². The quantitative estimate of drug-likeness (QED) is 0.608. The molecule has 126 valence electrons. The summed E-state index contributed by atoms with van der Waals surface area (Å²) >= 11 is 6.07. The van der Waals surface area contributed by atoms with Crippen LogP contribution >= 0.6 is 11.6 Å². The van der Waals surface area contributed by atoms with E-state index in [1.54, 1.807) is 6.92 Å². The first-order valence-corrected chi connectivity index (χ1v) is 8.61. The van der Waals surface area contributed by atoms with Gasteiger partial charge in [0.05, 0.1) is 0 Å². The summed E-state index contributed by atoms with van der Waals surface area (Å²) < 4.78 is 5.93. The third-order valence-electron chi connectivity index (χ3n) is 4.04. The number of hydrogen-bond acceptors (Lipinski definition) is 3. The Morgan fingerprint density at radius 2 is 2.04 bits per heavy atom. The van der Waals surface area contributed by atoms with Crippen LogP contribution in [0, 0.1) is 0 Å². The second-order valence-electron chi connectivity index (χ2n) is 5.74. The molecule has 3 aromatic rings. The van der Waals surface area contributed by atoms with Crippen LogP contribution in [0.25, 0.3) is 21.9 Å². The Balaban J connectivity index is 2.13. The lowest BCUT2D eigenvalue weighted by atomic mass is 10.0. The summed E-state index contributed by atoms with van der Waals surface area (Å²) in [5, 5.41) is 2.68. The monoisotopic (exact) mass is 345 g/mol. The molecule has 0 atom stereocenters. The zero-order chi connectivity index (χ0) is 17.1. The number of benzene rings is 2. The fraction of sp³-hybridized carbons (Fsp3) is 0.316. The predicted molar refractivity (Wildman–Crippen MR) is 96.4 cm³/mol. The first kappa shape index (κ1) is 16.7. The molecule has 0 saturated heterocycles. The highest BCUT2D eigenvalue weighted by molar-refractivity contribution is 6.31. The topological polar surface area (TPSA) is 51.5 Å². The maximum Gasteiger partial charge on any atom is 0.252 e. The molecule has 5 heteroatoms. The number of hydroxylamine groups is 1. The zero-order valence-corrected chi connectivity index (χ0v) is 14.6. The molecule has 0 fully saturated rings. The van der Waals surface area contributed by atoms with E-state index in [0.717, 1.165) is 46.8 Å². The molecular formula is C19H20ClNO3. The van der Waals surface area contributed by atoms with Crippen LogP contribution in [-0.4, -0.2) is 5.91 Å². The van der Waals surface area contributed by atoms with Gasteiger partial charge in [-0.25, -0.2) is 0 Å². The van der Waals surface area contributed by atoms with E-state index < -0.39 is 0 Å². The van der Waals surface area contributed by atoms with Gasteiger partial charge in [-0.3, -0.25) is 4.79 Å². The highest BCUT2D eigenvalue weighted by Crippen LogP contribution is 2.37. The summed E-state index contributed by atoms with van der Waals surface area (Å²) in [5.74, 6) is 0.510. The van der Waals surface area contributed by atoms with Gasteiger partial charge in [0.25, 0.3) is 5.91 Å². The van der Waals surface area contributed by atoms with Gasteiger partial charge in [-0.05, 0) is 37.1 Å². The second-order valence-corrected chi connectivity index (χ2v) is 6.18. The van der Waals surface area contributed by atoms with E-state index in [2.05, 4.69) is 12.4 Å². The smallest absolute Gasteiger partial charge is 0.252 e. The van der Waals surface area contributed by atoms with Crippen LogP contribution in [-0.2, 0) is 11.2 Å². The van der Waals surface area contributed by atoms with E-state index in [0.29, 0.717) is 17.2 Å². The SMILES string of the molecule is CCCCc1c(ONC(=O)CC)ccc2oc3cc(Cl)ccc3c12. The molecule has 0 radical (unpaired) electrons. The van der Waals surface area contributed by atoms with Crippen molar-refractivity contribution in [2.45, 2.75) is 39.5 Å². The van der Waals surface area contributed by atoms with Gasteiger partial charge in [0.2, 0.25) is 0 Å². The van der Waals surface area contributed by atoms with Gasteiger partial charge in [0.1, 0.15) is 11.2 Å². The van der Waals surface area contributed by atoms with Crippen molar-refractivity contribution in [1.29, 1.82) is 0 Å².